The maximum absolute atomic E-state index is 11.6. The molecule has 3 nitrogen and oxygen atoms in total. The average molecular weight is 221 g/mol. The molecule has 3 heteroatoms. The van der Waals surface area contributed by atoms with Crippen molar-refractivity contribution in [3.8, 4) is 0 Å². The molecule has 0 bridgehead atoms. The number of benzene rings is 1. The van der Waals surface area contributed by atoms with E-state index in [1.165, 1.54) is 0 Å². The van der Waals surface area contributed by atoms with E-state index in [1.807, 2.05) is 44.2 Å². The Bertz CT molecular complexity index is 350. The van der Waals surface area contributed by atoms with Gasteiger partial charge in [-0.1, -0.05) is 37.3 Å². The van der Waals surface area contributed by atoms with Crippen molar-refractivity contribution in [2.45, 2.75) is 26.4 Å². The summed E-state index contributed by atoms with van der Waals surface area (Å²) in [5, 5.41) is 0. The molecule has 2 unspecified atom stereocenters. The van der Waals surface area contributed by atoms with Crippen molar-refractivity contribution in [2.75, 3.05) is 7.11 Å². The molecule has 1 amide bonds. The fraction of sp³-hybridized carbons (Fsp3) is 0.462. The Hall–Kier alpha value is -1.35. The zero-order valence-electron chi connectivity index (χ0n) is 10.1. The van der Waals surface area contributed by atoms with Crippen LogP contribution in [0.5, 0.6) is 0 Å². The number of hydrogen-bond acceptors (Lipinski definition) is 2. The normalized spacial score (nSPS) is 16.4. The quantitative estimate of drug-likeness (QED) is 0.829. The summed E-state index contributed by atoms with van der Waals surface area (Å²) in [5.41, 5.74) is 5.79. The van der Waals surface area contributed by atoms with Gasteiger partial charge < -0.3 is 10.5 Å². The van der Waals surface area contributed by atoms with Gasteiger partial charge in [0.15, 0.2) is 0 Å². The van der Waals surface area contributed by atoms with Crippen LogP contribution in [0.3, 0.4) is 0 Å². The molecular weight excluding hydrogens is 202 g/mol. The van der Waals surface area contributed by atoms with Crippen LogP contribution in [0.1, 0.15) is 31.9 Å². The highest BCUT2D eigenvalue weighted by Crippen LogP contribution is 2.38. The Morgan fingerprint density at radius 2 is 2.00 bits per heavy atom. The number of nitrogens with two attached hydrogens (primary N) is 1. The number of amides is 1. The fourth-order valence-electron chi connectivity index (χ4n) is 1.88. The lowest BCUT2D eigenvalue weighted by atomic mass is 9.77. The van der Waals surface area contributed by atoms with E-state index < -0.39 is 5.41 Å². The van der Waals surface area contributed by atoms with Crippen molar-refractivity contribution in [3.63, 3.8) is 0 Å². The number of primary amides is 1. The van der Waals surface area contributed by atoms with Crippen LogP contribution < -0.4 is 5.73 Å². The zero-order valence-corrected chi connectivity index (χ0v) is 10.1. The lowest BCUT2D eigenvalue weighted by molar-refractivity contribution is -0.135. The van der Waals surface area contributed by atoms with Crippen LogP contribution in [-0.2, 0) is 9.53 Å². The molecule has 2 N–H and O–H groups in total. The van der Waals surface area contributed by atoms with Crippen LogP contribution in [0, 0.1) is 5.41 Å². The number of hydrogen-bond donors (Lipinski definition) is 1. The number of ether oxygens (including phenoxy) is 1. The molecule has 0 aromatic heterocycles. The second kappa shape index (κ2) is 5.12. The molecule has 0 aliphatic rings. The van der Waals surface area contributed by atoms with Gasteiger partial charge in [-0.25, -0.2) is 0 Å². The first-order valence-corrected chi connectivity index (χ1v) is 5.44. The minimum atomic E-state index is -0.671. The smallest absolute Gasteiger partial charge is 0.226 e. The first-order valence-electron chi connectivity index (χ1n) is 5.44. The highest BCUT2D eigenvalue weighted by Gasteiger charge is 2.39. The van der Waals surface area contributed by atoms with Gasteiger partial charge in [0.2, 0.25) is 5.91 Å². The van der Waals surface area contributed by atoms with Crippen LogP contribution in [-0.4, -0.2) is 13.0 Å². The lowest BCUT2D eigenvalue weighted by Crippen LogP contribution is -2.40. The first-order chi connectivity index (χ1) is 7.56. The van der Waals surface area contributed by atoms with Crippen molar-refractivity contribution in [3.05, 3.63) is 35.9 Å². The van der Waals surface area contributed by atoms with E-state index in [0.717, 1.165) is 5.56 Å². The Balaban J connectivity index is 3.11. The third kappa shape index (κ3) is 2.25. The van der Waals surface area contributed by atoms with Gasteiger partial charge in [0.05, 0.1) is 11.5 Å². The third-order valence-corrected chi connectivity index (χ3v) is 3.21. The Labute approximate surface area is 96.6 Å². The van der Waals surface area contributed by atoms with Gasteiger partial charge in [-0.2, -0.15) is 0 Å². The molecule has 0 aliphatic heterocycles. The largest absolute Gasteiger partial charge is 0.376 e. The Kier molecular flexibility index (Phi) is 4.07. The predicted octanol–water partition coefficient (Wildman–Crippen LogP) is 2.28. The SMILES string of the molecule is CCC(C)(C(N)=O)C(OC)c1ccccc1. The van der Waals surface area contributed by atoms with Gasteiger partial charge in [0.1, 0.15) is 0 Å². The third-order valence-electron chi connectivity index (χ3n) is 3.21. The molecule has 0 saturated heterocycles. The van der Waals surface area contributed by atoms with E-state index in [-0.39, 0.29) is 12.0 Å². The maximum Gasteiger partial charge on any atom is 0.226 e. The summed E-state index contributed by atoms with van der Waals surface area (Å²) in [6.07, 6.45) is 0.353. The molecule has 1 aromatic carbocycles. The second-order valence-electron chi connectivity index (χ2n) is 4.16. The summed E-state index contributed by atoms with van der Waals surface area (Å²) in [6, 6.07) is 9.69. The molecule has 0 heterocycles. The van der Waals surface area contributed by atoms with Gasteiger partial charge >= 0.3 is 0 Å². The molecule has 0 aliphatic carbocycles. The summed E-state index contributed by atoms with van der Waals surface area (Å²) in [6.45, 7) is 3.79. The average Bonchev–Trinajstić information content (AvgIpc) is 2.30. The molecule has 0 fully saturated rings. The first kappa shape index (κ1) is 12.7. The summed E-state index contributed by atoms with van der Waals surface area (Å²) < 4.78 is 5.45. The van der Waals surface area contributed by atoms with Crippen molar-refractivity contribution < 1.29 is 9.53 Å². The summed E-state index contributed by atoms with van der Waals surface area (Å²) in [4.78, 5) is 11.6. The van der Waals surface area contributed by atoms with Crippen molar-refractivity contribution in [1.29, 1.82) is 0 Å². The summed E-state index contributed by atoms with van der Waals surface area (Å²) in [5.74, 6) is -0.328. The van der Waals surface area contributed by atoms with Crippen molar-refractivity contribution >= 4 is 5.91 Å². The van der Waals surface area contributed by atoms with Crippen LogP contribution in [0.15, 0.2) is 30.3 Å². The number of methoxy groups -OCH3 is 1. The highest BCUT2D eigenvalue weighted by atomic mass is 16.5. The standard InChI is InChI=1S/C13H19NO2/c1-4-13(2,12(14)15)11(16-3)10-8-6-5-7-9-10/h5-9,11H,4H2,1-3H3,(H2,14,15). The number of rotatable bonds is 5. The number of carbonyl (C=O) groups excluding carboxylic acids is 1. The topological polar surface area (TPSA) is 52.3 Å². The minimum absolute atomic E-state index is 0.295. The van der Waals surface area contributed by atoms with E-state index in [2.05, 4.69) is 0 Å². The van der Waals surface area contributed by atoms with Gasteiger partial charge in [-0.05, 0) is 18.9 Å². The molecule has 1 rings (SSSR count). The Morgan fingerprint density at radius 1 is 1.44 bits per heavy atom. The van der Waals surface area contributed by atoms with Crippen molar-refractivity contribution in [1.82, 2.24) is 0 Å². The molecular formula is C13H19NO2. The van der Waals surface area contributed by atoms with E-state index >= 15 is 0 Å². The molecule has 2 atom stereocenters. The molecule has 0 saturated carbocycles. The monoisotopic (exact) mass is 221 g/mol. The van der Waals surface area contributed by atoms with Crippen LogP contribution >= 0.6 is 0 Å². The maximum atomic E-state index is 11.6. The highest BCUT2D eigenvalue weighted by molar-refractivity contribution is 5.81. The van der Waals surface area contributed by atoms with Crippen LogP contribution in [0.4, 0.5) is 0 Å². The molecule has 16 heavy (non-hydrogen) atoms. The van der Waals surface area contributed by atoms with E-state index in [1.54, 1.807) is 7.11 Å². The van der Waals surface area contributed by atoms with Gasteiger partial charge in [0, 0.05) is 7.11 Å². The Morgan fingerprint density at radius 3 is 2.38 bits per heavy atom. The van der Waals surface area contributed by atoms with E-state index in [9.17, 15) is 4.79 Å². The molecule has 1 aromatic rings. The van der Waals surface area contributed by atoms with Gasteiger partial charge in [-0.15, -0.1) is 0 Å². The molecule has 0 radical (unpaired) electrons. The summed E-state index contributed by atoms with van der Waals surface area (Å²) in [7, 11) is 1.61. The minimum Gasteiger partial charge on any atom is -0.376 e. The number of carbonyl (C=O) groups is 1. The second-order valence-corrected chi connectivity index (χ2v) is 4.16. The molecule has 88 valence electrons. The van der Waals surface area contributed by atoms with Gasteiger partial charge in [0.25, 0.3) is 0 Å². The van der Waals surface area contributed by atoms with Crippen LogP contribution in [0.2, 0.25) is 0 Å². The van der Waals surface area contributed by atoms with E-state index in [0.29, 0.717) is 6.42 Å². The predicted molar refractivity (Wildman–Crippen MR) is 63.8 cm³/mol. The zero-order chi connectivity index (χ0) is 12.2. The van der Waals surface area contributed by atoms with E-state index in [4.69, 9.17) is 10.5 Å². The van der Waals surface area contributed by atoms with Gasteiger partial charge in [-0.3, -0.25) is 4.79 Å². The summed E-state index contributed by atoms with van der Waals surface area (Å²) >= 11 is 0. The van der Waals surface area contributed by atoms with Crippen LogP contribution in [0.25, 0.3) is 0 Å². The van der Waals surface area contributed by atoms with Crippen molar-refractivity contribution in [2.24, 2.45) is 11.1 Å². The molecule has 0 spiro atoms. The lowest BCUT2D eigenvalue weighted by Gasteiger charge is -2.33. The fourth-order valence-corrected chi connectivity index (χ4v) is 1.88.